The standard InChI is InChI=1S/C112H90Cl4N4O4/c113-89-5-1-9-101(121-65-85-61-77-33-29-69-13-21-73(22-14-69)37-45-81(85)49-41-77)105(89)109-93-53-55-95(117-93)110(106-90(114)6-2-10-102(106)122-66-86-62-78-34-30-70-15-23-74(24-16-70)38-46-82(86)50-42-78)97-57-59-99(119-97)112(108-92(116)8-4-12-104(108)124-68-88-64-80-36-32-72-19-27-76(28-20-72)40-48-84(88)52-44-80)100-60-58-98(120-100)111(96-56-54-94(109)118-96)107-91(115)7-3-11-103(107)123-67-87-63-79-35-31-71-17-25-75(26-18-71)39-47-83(87)51-43-79/h1-28,41-44,49-64,117,120H,29-40,45-48,65-68H2. The second-order valence-electron chi connectivity index (χ2n) is 33.8. The number of fused-ring (bicyclic) bond motifs is 8. The lowest BCUT2D eigenvalue weighted by Crippen LogP contribution is -2.06. The summed E-state index contributed by atoms with van der Waals surface area (Å²) < 4.78 is 29.3. The minimum absolute atomic E-state index is 0.294. The summed E-state index contributed by atoms with van der Waals surface area (Å²) in [6.07, 6.45) is 22.7. The van der Waals surface area contributed by atoms with E-state index in [-0.39, 0.29) is 0 Å². The van der Waals surface area contributed by atoms with E-state index in [4.69, 9.17) is 75.3 Å². The van der Waals surface area contributed by atoms with Crippen molar-refractivity contribution in [2.75, 3.05) is 0 Å². The van der Waals surface area contributed by atoms with Crippen LogP contribution in [0.2, 0.25) is 20.1 Å². The summed E-state index contributed by atoms with van der Waals surface area (Å²) in [5, 5.41) is 1.88. The second kappa shape index (κ2) is 34.7. The van der Waals surface area contributed by atoms with Crippen molar-refractivity contribution in [1.29, 1.82) is 0 Å². The first-order valence-corrected chi connectivity index (χ1v) is 45.1. The zero-order chi connectivity index (χ0) is 83.1. The second-order valence-corrected chi connectivity index (χ2v) is 35.4. The van der Waals surface area contributed by atoms with Gasteiger partial charge in [0.05, 0.1) is 42.9 Å². The van der Waals surface area contributed by atoms with Crippen LogP contribution in [0.25, 0.3) is 90.9 Å². The zero-order valence-electron chi connectivity index (χ0n) is 68.9. The lowest BCUT2D eigenvalue weighted by atomic mass is 9.93. The number of nitrogens with zero attached hydrogens (tertiary/aromatic N) is 2. The maximum atomic E-state index is 7.89. The normalized spacial score (nSPS) is 13.8. The number of ether oxygens (including phenoxy) is 4. The number of rotatable bonds is 16. The van der Waals surface area contributed by atoms with Crippen molar-refractivity contribution in [2.45, 2.75) is 129 Å². The molecule has 0 fully saturated rings. The van der Waals surface area contributed by atoms with E-state index in [2.05, 4.69) is 228 Å². The van der Waals surface area contributed by atoms with Crippen LogP contribution >= 0.6 is 46.4 Å². The smallest absolute Gasteiger partial charge is 0.129 e. The van der Waals surface area contributed by atoms with Crippen molar-refractivity contribution in [3.8, 4) is 67.5 Å². The first-order valence-electron chi connectivity index (χ1n) is 43.5. The van der Waals surface area contributed by atoms with Gasteiger partial charge in [-0.05, 0) is 311 Å². The van der Waals surface area contributed by atoms with Gasteiger partial charge in [-0.25, -0.2) is 9.97 Å². The van der Waals surface area contributed by atoms with Crippen LogP contribution in [0.3, 0.4) is 0 Å². The van der Waals surface area contributed by atoms with Crippen molar-refractivity contribution >= 4 is 92.8 Å². The maximum absolute atomic E-state index is 7.89. The average Bonchev–Trinajstić information content (AvgIpc) is 1.59. The maximum Gasteiger partial charge on any atom is 0.129 e. The third-order valence-corrected chi connectivity index (χ3v) is 27.2. The lowest BCUT2D eigenvalue weighted by Gasteiger charge is -2.18. The molecule has 12 aromatic carbocycles. The van der Waals surface area contributed by atoms with Crippen LogP contribution < -0.4 is 18.9 Å². The third-order valence-electron chi connectivity index (χ3n) is 25.9. The molecule has 0 saturated carbocycles. The molecule has 0 spiro atoms. The Bertz CT molecular complexity index is 6100. The predicted octanol–water partition coefficient (Wildman–Crippen LogP) is 27.8. The predicted molar refractivity (Wildman–Crippen MR) is 509 cm³/mol. The lowest BCUT2D eigenvalue weighted by molar-refractivity contribution is 0.306. The molecule has 124 heavy (non-hydrogen) atoms. The molecule has 33 rings (SSSR count). The molecule has 15 aromatic rings. The van der Waals surface area contributed by atoms with Gasteiger partial charge in [-0.15, -0.1) is 0 Å². The molecular formula is C112H90Cl4N4O4. The highest BCUT2D eigenvalue weighted by molar-refractivity contribution is 6.36. The summed E-state index contributed by atoms with van der Waals surface area (Å²) in [7, 11) is 0. The molecule has 610 valence electrons. The van der Waals surface area contributed by atoms with Crippen LogP contribution in [-0.2, 0) is 129 Å². The highest BCUT2D eigenvalue weighted by Crippen LogP contribution is 2.50. The molecule has 2 N–H and O–H groups in total. The number of nitrogens with one attached hydrogen (secondary N) is 2. The van der Waals surface area contributed by atoms with Gasteiger partial charge in [0.2, 0.25) is 0 Å². The number of halogens is 4. The first-order chi connectivity index (χ1) is 61.0. The van der Waals surface area contributed by atoms with E-state index < -0.39 is 0 Å². The molecule has 0 saturated heterocycles. The Balaban J connectivity index is 0.775. The molecule has 0 amide bonds. The Kier molecular flexibility index (Phi) is 22.1. The van der Waals surface area contributed by atoms with Gasteiger partial charge in [-0.2, -0.15) is 0 Å². The third kappa shape index (κ3) is 16.5. The molecule has 5 heterocycles. The quantitative estimate of drug-likeness (QED) is 0.100. The van der Waals surface area contributed by atoms with Gasteiger partial charge in [-0.3, -0.25) is 0 Å². The Hall–Kier alpha value is -12.4. The summed E-state index contributed by atoms with van der Waals surface area (Å²) in [5.74, 6) is 2.34. The van der Waals surface area contributed by atoms with Crippen LogP contribution in [0.1, 0.15) is 134 Å². The van der Waals surface area contributed by atoms with E-state index in [1.807, 2.05) is 72.8 Å². The number of hydrogen-bond donors (Lipinski definition) is 2. The number of aryl methyl sites for hydroxylation is 16. The zero-order valence-corrected chi connectivity index (χ0v) is 71.9. The Morgan fingerprint density at radius 1 is 0.210 bits per heavy atom. The van der Waals surface area contributed by atoms with E-state index in [0.717, 1.165) is 125 Å². The highest BCUT2D eigenvalue weighted by atomic mass is 35.5. The molecule has 18 aliphatic rings. The topological polar surface area (TPSA) is 94.3 Å². The van der Waals surface area contributed by atoms with Crippen molar-refractivity contribution in [3.63, 3.8) is 0 Å². The van der Waals surface area contributed by atoms with E-state index in [0.29, 0.717) is 159 Å². The fourth-order valence-electron chi connectivity index (χ4n) is 19.0. The van der Waals surface area contributed by atoms with Crippen LogP contribution in [0.4, 0.5) is 0 Å². The summed E-state index contributed by atoms with van der Waals surface area (Å²) >= 11 is 31.6. The molecule has 3 aromatic heterocycles. The van der Waals surface area contributed by atoms with Gasteiger partial charge in [0.1, 0.15) is 49.4 Å². The Morgan fingerprint density at radius 2 is 0.403 bits per heavy atom. The van der Waals surface area contributed by atoms with Gasteiger partial charge < -0.3 is 28.9 Å². The fraction of sp³-hybridized carbons (Fsp3) is 0.179. The van der Waals surface area contributed by atoms with Gasteiger partial charge >= 0.3 is 0 Å². The van der Waals surface area contributed by atoms with Gasteiger partial charge in [0.25, 0.3) is 0 Å². The molecular weight excluding hydrogens is 1610 g/mol. The monoisotopic (exact) mass is 1690 g/mol. The van der Waals surface area contributed by atoms with Gasteiger partial charge in [0.15, 0.2) is 0 Å². The molecule has 8 nitrogen and oxygen atoms in total. The number of aromatic amines is 2. The van der Waals surface area contributed by atoms with Crippen LogP contribution in [0, 0.1) is 0 Å². The minimum Gasteiger partial charge on any atom is -0.488 e. The molecule has 16 aliphatic carbocycles. The Labute approximate surface area is 743 Å². The molecule has 12 heteroatoms. The molecule has 0 atom stereocenters. The summed E-state index contributed by atoms with van der Waals surface area (Å²) in [4.78, 5) is 19.9. The van der Waals surface area contributed by atoms with Crippen molar-refractivity contribution in [2.24, 2.45) is 0 Å². The molecule has 24 bridgehead atoms. The van der Waals surface area contributed by atoms with E-state index in [1.54, 1.807) is 0 Å². The Morgan fingerprint density at radius 3 is 0.621 bits per heavy atom. The molecule has 0 radical (unpaired) electrons. The SMILES string of the molecule is Clc1cccc(OCc2cc3ccc2CCc2ccc(cc2)CC3)c1-c1c2nc(c(-c3c(Cl)cccc3OCc3cc4ccc3CCc3ccc(cc3)CC4)c3ccc([nH]3)c(-c3c(Cl)cccc3OCc3cc4ccc3CCc3ccc(cc3)CC4)c3nc(c(-c4c(Cl)cccc4OCc4cc5ccc4CCc4ccc(cc4)CC5)c4ccc1[nH]4)C=C3)C=C2. The number of H-pyrrole nitrogens is 2. The van der Waals surface area contributed by atoms with E-state index in [9.17, 15) is 0 Å². The average molecular weight is 1700 g/mol. The number of benzene rings is 12. The first kappa shape index (κ1) is 78.8. The van der Waals surface area contributed by atoms with Crippen molar-refractivity contribution in [1.82, 2.24) is 19.9 Å². The van der Waals surface area contributed by atoms with Crippen LogP contribution in [0.5, 0.6) is 23.0 Å². The molecule has 0 unspecified atom stereocenters. The van der Waals surface area contributed by atoms with E-state index in [1.165, 1.54) is 89.0 Å². The largest absolute Gasteiger partial charge is 0.488 e. The van der Waals surface area contributed by atoms with Crippen LogP contribution in [-0.4, -0.2) is 19.9 Å². The van der Waals surface area contributed by atoms with E-state index >= 15 is 0 Å². The molecule has 2 aliphatic heterocycles. The fourth-order valence-corrected chi connectivity index (χ4v) is 20.0. The minimum atomic E-state index is 0.294. The summed E-state index contributed by atoms with van der Waals surface area (Å²) in [6.45, 7) is 1.17. The van der Waals surface area contributed by atoms with Gasteiger partial charge in [0, 0.05) is 66.6 Å². The van der Waals surface area contributed by atoms with Crippen molar-refractivity contribution < 1.29 is 18.9 Å². The van der Waals surface area contributed by atoms with Crippen LogP contribution in [0.15, 0.2) is 267 Å². The summed E-state index contributed by atoms with van der Waals surface area (Å²) in [6, 6.07) is 96.3. The highest BCUT2D eigenvalue weighted by Gasteiger charge is 2.29. The number of hydrogen-bond acceptors (Lipinski definition) is 6. The number of aromatic nitrogens is 4. The summed E-state index contributed by atoms with van der Waals surface area (Å²) in [5.41, 5.74) is 35.7. The van der Waals surface area contributed by atoms with Crippen molar-refractivity contribution in [3.05, 3.63) is 421 Å². The van der Waals surface area contributed by atoms with Gasteiger partial charge in [-0.1, -0.05) is 241 Å².